The molecule has 21 heavy (non-hydrogen) atoms. The lowest BCUT2D eigenvalue weighted by Gasteiger charge is -2.21. The van der Waals surface area contributed by atoms with Crippen molar-refractivity contribution in [2.75, 3.05) is 33.9 Å². The largest absolute Gasteiger partial charge is 0.497 e. The van der Waals surface area contributed by atoms with Crippen molar-refractivity contribution in [2.45, 2.75) is 33.1 Å². The first-order valence-corrected chi connectivity index (χ1v) is 8.02. The standard InChI is InChI=1S/C18H31NO2/c1-5-15(2)12-17(14-19-10-11-20-3)13-16-6-8-18(21-4)9-7-16/h6-9,15,17,19H,5,10-14H2,1-4H3. The topological polar surface area (TPSA) is 30.5 Å². The maximum atomic E-state index is 5.22. The molecule has 3 nitrogen and oxygen atoms in total. The number of ether oxygens (including phenoxy) is 2. The fraction of sp³-hybridized carbons (Fsp3) is 0.667. The van der Waals surface area contributed by atoms with E-state index in [1.54, 1.807) is 14.2 Å². The number of hydrogen-bond acceptors (Lipinski definition) is 3. The molecular weight excluding hydrogens is 262 g/mol. The van der Waals surface area contributed by atoms with Gasteiger partial charge in [0.15, 0.2) is 0 Å². The highest BCUT2D eigenvalue weighted by Gasteiger charge is 2.13. The summed E-state index contributed by atoms with van der Waals surface area (Å²) >= 11 is 0. The van der Waals surface area contributed by atoms with E-state index in [4.69, 9.17) is 9.47 Å². The Bertz CT molecular complexity index is 364. The second-order valence-electron chi connectivity index (χ2n) is 5.86. The Balaban J connectivity index is 2.52. The summed E-state index contributed by atoms with van der Waals surface area (Å²) in [5.74, 6) is 2.37. The number of benzene rings is 1. The van der Waals surface area contributed by atoms with Gasteiger partial charge in [-0.3, -0.25) is 0 Å². The molecule has 0 saturated heterocycles. The van der Waals surface area contributed by atoms with Crippen LogP contribution in [-0.2, 0) is 11.2 Å². The zero-order chi connectivity index (χ0) is 15.5. The summed E-state index contributed by atoms with van der Waals surface area (Å²) in [5.41, 5.74) is 1.39. The van der Waals surface area contributed by atoms with E-state index in [1.165, 1.54) is 18.4 Å². The van der Waals surface area contributed by atoms with E-state index >= 15 is 0 Å². The summed E-state index contributed by atoms with van der Waals surface area (Å²) in [6, 6.07) is 8.46. The van der Waals surface area contributed by atoms with Crippen LogP contribution in [0.5, 0.6) is 5.75 Å². The molecule has 2 atom stereocenters. The van der Waals surface area contributed by atoms with E-state index in [-0.39, 0.29) is 0 Å². The van der Waals surface area contributed by atoms with Gasteiger partial charge in [0.05, 0.1) is 13.7 Å². The first-order chi connectivity index (χ1) is 10.2. The van der Waals surface area contributed by atoms with E-state index in [0.29, 0.717) is 5.92 Å². The average Bonchev–Trinajstić information content (AvgIpc) is 2.52. The lowest BCUT2D eigenvalue weighted by atomic mass is 9.89. The molecule has 2 unspecified atom stereocenters. The normalized spacial score (nSPS) is 13.9. The van der Waals surface area contributed by atoms with Crippen LogP contribution in [-0.4, -0.2) is 33.9 Å². The zero-order valence-electron chi connectivity index (χ0n) is 14.0. The Kier molecular flexibility index (Phi) is 9.11. The molecule has 0 radical (unpaired) electrons. The monoisotopic (exact) mass is 293 g/mol. The minimum absolute atomic E-state index is 0.671. The molecule has 0 spiro atoms. The number of methoxy groups -OCH3 is 2. The highest BCUT2D eigenvalue weighted by atomic mass is 16.5. The maximum Gasteiger partial charge on any atom is 0.118 e. The second-order valence-corrected chi connectivity index (χ2v) is 5.86. The van der Waals surface area contributed by atoms with Crippen molar-refractivity contribution in [1.82, 2.24) is 5.32 Å². The van der Waals surface area contributed by atoms with Gasteiger partial charge in [0.2, 0.25) is 0 Å². The highest BCUT2D eigenvalue weighted by Crippen LogP contribution is 2.20. The molecule has 0 aliphatic carbocycles. The van der Waals surface area contributed by atoms with Gasteiger partial charge in [0.1, 0.15) is 5.75 Å². The molecule has 0 aromatic heterocycles. The molecule has 0 bridgehead atoms. The van der Waals surface area contributed by atoms with Gasteiger partial charge < -0.3 is 14.8 Å². The van der Waals surface area contributed by atoms with Crippen LogP contribution in [0.2, 0.25) is 0 Å². The SMILES string of the molecule is CCC(C)CC(CNCCOC)Cc1ccc(OC)cc1. The van der Waals surface area contributed by atoms with E-state index in [9.17, 15) is 0 Å². The van der Waals surface area contributed by atoms with E-state index in [1.807, 2.05) is 12.1 Å². The van der Waals surface area contributed by atoms with Gasteiger partial charge in [-0.2, -0.15) is 0 Å². The van der Waals surface area contributed by atoms with Crippen molar-refractivity contribution in [3.63, 3.8) is 0 Å². The first-order valence-electron chi connectivity index (χ1n) is 8.02. The molecule has 0 fully saturated rings. The van der Waals surface area contributed by atoms with Crippen LogP contribution in [0.3, 0.4) is 0 Å². The van der Waals surface area contributed by atoms with Crippen LogP contribution in [0.4, 0.5) is 0 Å². The molecule has 0 aliphatic heterocycles. The van der Waals surface area contributed by atoms with Gasteiger partial charge >= 0.3 is 0 Å². The van der Waals surface area contributed by atoms with Crippen molar-refractivity contribution in [3.8, 4) is 5.75 Å². The Labute approximate surface area is 130 Å². The first kappa shape index (κ1) is 18.0. The predicted molar refractivity (Wildman–Crippen MR) is 89.0 cm³/mol. The van der Waals surface area contributed by atoms with Gasteiger partial charge in [0.25, 0.3) is 0 Å². The fourth-order valence-electron chi connectivity index (χ4n) is 2.55. The van der Waals surface area contributed by atoms with Crippen LogP contribution < -0.4 is 10.1 Å². The van der Waals surface area contributed by atoms with Crippen LogP contribution in [0.15, 0.2) is 24.3 Å². The molecule has 1 aromatic carbocycles. The van der Waals surface area contributed by atoms with Crippen LogP contribution in [0.25, 0.3) is 0 Å². The summed E-state index contributed by atoms with van der Waals surface area (Å²) in [6.45, 7) is 7.37. The smallest absolute Gasteiger partial charge is 0.118 e. The van der Waals surface area contributed by atoms with Gasteiger partial charge in [-0.05, 0) is 48.9 Å². The van der Waals surface area contributed by atoms with Gasteiger partial charge in [-0.25, -0.2) is 0 Å². The van der Waals surface area contributed by atoms with E-state index < -0.39 is 0 Å². The summed E-state index contributed by atoms with van der Waals surface area (Å²) in [6.07, 6.45) is 3.63. The molecule has 0 saturated carbocycles. The maximum absolute atomic E-state index is 5.22. The minimum atomic E-state index is 0.671. The van der Waals surface area contributed by atoms with Crippen molar-refractivity contribution in [1.29, 1.82) is 0 Å². The van der Waals surface area contributed by atoms with Crippen molar-refractivity contribution < 1.29 is 9.47 Å². The second kappa shape index (κ2) is 10.6. The Hall–Kier alpha value is -1.06. The van der Waals surface area contributed by atoms with Crippen LogP contribution in [0.1, 0.15) is 32.3 Å². The van der Waals surface area contributed by atoms with Crippen molar-refractivity contribution in [2.24, 2.45) is 11.8 Å². The molecular formula is C18H31NO2. The lowest BCUT2D eigenvalue weighted by molar-refractivity contribution is 0.196. The molecule has 0 aliphatic rings. The summed E-state index contributed by atoms with van der Waals surface area (Å²) < 4.78 is 10.3. The third-order valence-corrected chi connectivity index (χ3v) is 4.03. The van der Waals surface area contributed by atoms with Gasteiger partial charge in [-0.1, -0.05) is 32.4 Å². The summed E-state index contributed by atoms with van der Waals surface area (Å²) in [7, 11) is 3.45. The highest BCUT2D eigenvalue weighted by molar-refractivity contribution is 5.27. The molecule has 0 heterocycles. The van der Waals surface area contributed by atoms with Gasteiger partial charge in [-0.15, -0.1) is 0 Å². The van der Waals surface area contributed by atoms with Crippen LogP contribution in [0, 0.1) is 11.8 Å². The van der Waals surface area contributed by atoms with Crippen molar-refractivity contribution >= 4 is 0 Å². The number of rotatable bonds is 11. The molecule has 3 heteroatoms. The van der Waals surface area contributed by atoms with E-state index in [2.05, 4.69) is 31.3 Å². The molecule has 1 aromatic rings. The molecule has 1 rings (SSSR count). The molecule has 0 amide bonds. The lowest BCUT2D eigenvalue weighted by Crippen LogP contribution is -2.28. The number of hydrogen-bond donors (Lipinski definition) is 1. The van der Waals surface area contributed by atoms with Gasteiger partial charge in [0, 0.05) is 13.7 Å². The third-order valence-electron chi connectivity index (χ3n) is 4.03. The Morgan fingerprint density at radius 2 is 1.86 bits per heavy atom. The van der Waals surface area contributed by atoms with Crippen LogP contribution >= 0.6 is 0 Å². The fourth-order valence-corrected chi connectivity index (χ4v) is 2.55. The van der Waals surface area contributed by atoms with Crippen molar-refractivity contribution in [3.05, 3.63) is 29.8 Å². The predicted octanol–water partition coefficient (Wildman–Crippen LogP) is 3.53. The molecule has 120 valence electrons. The van der Waals surface area contributed by atoms with E-state index in [0.717, 1.165) is 37.8 Å². The Morgan fingerprint density at radius 1 is 1.14 bits per heavy atom. The number of nitrogens with one attached hydrogen (secondary N) is 1. The Morgan fingerprint density at radius 3 is 2.43 bits per heavy atom. The molecule has 1 N–H and O–H groups in total. The summed E-state index contributed by atoms with van der Waals surface area (Å²) in [5, 5.41) is 3.51. The minimum Gasteiger partial charge on any atom is -0.497 e. The third kappa shape index (κ3) is 7.49. The zero-order valence-corrected chi connectivity index (χ0v) is 14.0. The quantitative estimate of drug-likeness (QED) is 0.633. The summed E-state index contributed by atoms with van der Waals surface area (Å²) in [4.78, 5) is 0. The average molecular weight is 293 g/mol.